The number of nitrogens with zero attached hydrogens (tertiary/aromatic N) is 2. The normalized spacial score (nSPS) is 16.4. The summed E-state index contributed by atoms with van der Waals surface area (Å²) in [6.45, 7) is 8.87. The van der Waals surface area contributed by atoms with Crippen LogP contribution in [0.4, 0.5) is 0 Å². The number of fused-ring (bicyclic) bond motifs is 1. The van der Waals surface area contributed by atoms with E-state index in [4.69, 9.17) is 4.98 Å². The van der Waals surface area contributed by atoms with Crippen LogP contribution < -0.4 is 5.32 Å². The third kappa shape index (κ3) is 3.82. The van der Waals surface area contributed by atoms with Crippen LogP contribution in [0.5, 0.6) is 0 Å². The fraction of sp³-hybridized carbons (Fsp3) is 0.812. The lowest BCUT2D eigenvalue weighted by Gasteiger charge is -2.15. The van der Waals surface area contributed by atoms with Crippen molar-refractivity contribution in [1.82, 2.24) is 14.9 Å². The van der Waals surface area contributed by atoms with Gasteiger partial charge in [-0.3, -0.25) is 0 Å². The Labute approximate surface area is 117 Å². The second-order valence-corrected chi connectivity index (χ2v) is 5.87. The lowest BCUT2D eigenvalue weighted by molar-refractivity contribution is 0.478. The van der Waals surface area contributed by atoms with Crippen LogP contribution in [0.1, 0.15) is 63.2 Å². The Morgan fingerprint density at radius 1 is 1.26 bits per heavy atom. The number of nitrogens with one attached hydrogen (secondary N) is 1. The molecule has 0 aliphatic heterocycles. The van der Waals surface area contributed by atoms with E-state index in [0.717, 1.165) is 13.1 Å². The topological polar surface area (TPSA) is 29.9 Å². The SMILES string of the molecule is CCNC(C)CCCCn1c(C)nc2c1CCCC2. The molecule has 2 rings (SSSR count). The Morgan fingerprint density at radius 3 is 2.84 bits per heavy atom. The average Bonchev–Trinajstić information content (AvgIpc) is 2.71. The zero-order valence-corrected chi connectivity index (χ0v) is 12.8. The molecule has 19 heavy (non-hydrogen) atoms. The highest BCUT2D eigenvalue weighted by molar-refractivity contribution is 5.19. The molecular weight excluding hydrogens is 234 g/mol. The Balaban J connectivity index is 1.81. The van der Waals surface area contributed by atoms with Gasteiger partial charge in [0.25, 0.3) is 0 Å². The van der Waals surface area contributed by atoms with Crippen LogP contribution in [0.3, 0.4) is 0 Å². The predicted octanol–water partition coefficient (Wildman–Crippen LogP) is 3.24. The van der Waals surface area contributed by atoms with Gasteiger partial charge in [0, 0.05) is 18.3 Å². The molecule has 1 aromatic rings. The third-order valence-corrected chi connectivity index (χ3v) is 4.24. The largest absolute Gasteiger partial charge is 0.332 e. The molecule has 1 N–H and O–H groups in total. The van der Waals surface area contributed by atoms with Gasteiger partial charge in [-0.1, -0.05) is 13.3 Å². The molecular formula is C16H29N3. The number of hydrogen-bond acceptors (Lipinski definition) is 2. The van der Waals surface area contributed by atoms with Crippen molar-refractivity contribution in [2.75, 3.05) is 6.54 Å². The van der Waals surface area contributed by atoms with Gasteiger partial charge in [0.1, 0.15) is 5.82 Å². The van der Waals surface area contributed by atoms with Gasteiger partial charge >= 0.3 is 0 Å². The van der Waals surface area contributed by atoms with Gasteiger partial charge in [-0.25, -0.2) is 4.98 Å². The molecule has 0 aromatic carbocycles. The standard InChI is InChI=1S/C16H29N3/c1-4-17-13(2)9-7-8-12-19-14(3)18-15-10-5-6-11-16(15)19/h13,17H,4-12H2,1-3H3. The van der Waals surface area contributed by atoms with Crippen LogP contribution in [0.15, 0.2) is 0 Å². The van der Waals surface area contributed by atoms with Crippen LogP contribution in [-0.4, -0.2) is 22.1 Å². The lowest BCUT2D eigenvalue weighted by Crippen LogP contribution is -2.25. The van der Waals surface area contributed by atoms with E-state index in [-0.39, 0.29) is 0 Å². The molecule has 3 nitrogen and oxygen atoms in total. The number of unbranched alkanes of at least 4 members (excludes halogenated alkanes) is 1. The molecule has 0 saturated heterocycles. The second kappa shape index (κ2) is 7.09. The molecule has 1 unspecified atom stereocenters. The molecule has 1 aliphatic rings. The fourth-order valence-electron chi connectivity index (χ4n) is 3.20. The summed E-state index contributed by atoms with van der Waals surface area (Å²) in [5, 5.41) is 3.48. The summed E-state index contributed by atoms with van der Waals surface area (Å²) in [4.78, 5) is 4.75. The Kier molecular flexibility index (Phi) is 5.44. The maximum absolute atomic E-state index is 4.75. The van der Waals surface area contributed by atoms with Crippen LogP contribution in [-0.2, 0) is 19.4 Å². The van der Waals surface area contributed by atoms with E-state index in [2.05, 4.69) is 30.7 Å². The van der Waals surface area contributed by atoms with Crippen LogP contribution in [0.2, 0.25) is 0 Å². The summed E-state index contributed by atoms with van der Waals surface area (Å²) >= 11 is 0. The maximum Gasteiger partial charge on any atom is 0.106 e. The zero-order chi connectivity index (χ0) is 13.7. The number of imidazole rings is 1. The molecule has 0 fully saturated rings. The molecule has 1 atom stereocenters. The molecule has 1 heterocycles. The first-order chi connectivity index (χ1) is 9.22. The minimum absolute atomic E-state index is 0.655. The van der Waals surface area contributed by atoms with Crippen molar-refractivity contribution in [3.63, 3.8) is 0 Å². The highest BCUT2D eigenvalue weighted by Gasteiger charge is 2.17. The van der Waals surface area contributed by atoms with E-state index in [1.165, 1.54) is 62.2 Å². The van der Waals surface area contributed by atoms with Gasteiger partial charge in [0.15, 0.2) is 0 Å². The first-order valence-corrected chi connectivity index (χ1v) is 8.00. The van der Waals surface area contributed by atoms with Crippen molar-refractivity contribution in [1.29, 1.82) is 0 Å². The van der Waals surface area contributed by atoms with Crippen LogP contribution in [0, 0.1) is 6.92 Å². The molecule has 1 aromatic heterocycles. The minimum Gasteiger partial charge on any atom is -0.332 e. The minimum atomic E-state index is 0.655. The Hall–Kier alpha value is -0.830. The Morgan fingerprint density at radius 2 is 2.05 bits per heavy atom. The smallest absolute Gasteiger partial charge is 0.106 e. The van der Waals surface area contributed by atoms with E-state index in [1.807, 2.05) is 0 Å². The summed E-state index contributed by atoms with van der Waals surface area (Å²) in [7, 11) is 0. The summed E-state index contributed by atoms with van der Waals surface area (Å²) in [6.07, 6.45) is 8.97. The second-order valence-electron chi connectivity index (χ2n) is 5.87. The molecule has 0 spiro atoms. The molecule has 0 radical (unpaired) electrons. The summed E-state index contributed by atoms with van der Waals surface area (Å²) in [5.74, 6) is 1.23. The maximum atomic E-state index is 4.75. The average molecular weight is 263 g/mol. The summed E-state index contributed by atoms with van der Waals surface area (Å²) in [5.41, 5.74) is 2.91. The number of rotatable bonds is 7. The van der Waals surface area contributed by atoms with Crippen molar-refractivity contribution in [3.8, 4) is 0 Å². The van der Waals surface area contributed by atoms with Gasteiger partial charge in [0.2, 0.25) is 0 Å². The monoisotopic (exact) mass is 263 g/mol. The van der Waals surface area contributed by atoms with Crippen molar-refractivity contribution >= 4 is 0 Å². The molecule has 3 heteroatoms. The molecule has 108 valence electrons. The van der Waals surface area contributed by atoms with Gasteiger partial charge in [-0.05, 0) is 58.9 Å². The van der Waals surface area contributed by atoms with Crippen molar-refractivity contribution in [2.24, 2.45) is 0 Å². The lowest BCUT2D eigenvalue weighted by atomic mass is 10.0. The van der Waals surface area contributed by atoms with Crippen molar-refractivity contribution in [2.45, 2.75) is 78.3 Å². The van der Waals surface area contributed by atoms with E-state index >= 15 is 0 Å². The highest BCUT2D eigenvalue weighted by Crippen LogP contribution is 2.22. The number of aryl methyl sites for hydroxylation is 2. The summed E-state index contributed by atoms with van der Waals surface area (Å²) in [6, 6.07) is 0.655. The number of aromatic nitrogens is 2. The number of hydrogen-bond donors (Lipinski definition) is 1. The first kappa shape index (κ1) is 14.6. The van der Waals surface area contributed by atoms with E-state index in [1.54, 1.807) is 0 Å². The zero-order valence-electron chi connectivity index (χ0n) is 12.8. The molecule has 0 amide bonds. The summed E-state index contributed by atoms with van der Waals surface area (Å²) < 4.78 is 2.48. The molecule has 0 saturated carbocycles. The van der Waals surface area contributed by atoms with E-state index in [0.29, 0.717) is 6.04 Å². The predicted molar refractivity (Wildman–Crippen MR) is 80.6 cm³/mol. The molecule has 0 bridgehead atoms. The van der Waals surface area contributed by atoms with Gasteiger partial charge in [-0.2, -0.15) is 0 Å². The highest BCUT2D eigenvalue weighted by atomic mass is 15.1. The van der Waals surface area contributed by atoms with Gasteiger partial charge in [0.05, 0.1) is 5.69 Å². The quantitative estimate of drug-likeness (QED) is 0.765. The van der Waals surface area contributed by atoms with Crippen molar-refractivity contribution in [3.05, 3.63) is 17.2 Å². The molecule has 1 aliphatic carbocycles. The fourth-order valence-corrected chi connectivity index (χ4v) is 3.20. The van der Waals surface area contributed by atoms with Crippen molar-refractivity contribution < 1.29 is 0 Å². The van der Waals surface area contributed by atoms with Crippen LogP contribution >= 0.6 is 0 Å². The van der Waals surface area contributed by atoms with Gasteiger partial charge in [-0.15, -0.1) is 0 Å². The van der Waals surface area contributed by atoms with E-state index in [9.17, 15) is 0 Å². The van der Waals surface area contributed by atoms with Crippen LogP contribution in [0.25, 0.3) is 0 Å². The Bertz CT molecular complexity index is 395. The van der Waals surface area contributed by atoms with Gasteiger partial charge < -0.3 is 9.88 Å². The van der Waals surface area contributed by atoms with E-state index < -0.39 is 0 Å². The first-order valence-electron chi connectivity index (χ1n) is 8.00. The third-order valence-electron chi connectivity index (χ3n) is 4.24.